The number of nitrogens with zero attached hydrogens (tertiary/aromatic N) is 5. The maximum absolute atomic E-state index is 14.4. The molecule has 1 amide bonds. The lowest BCUT2D eigenvalue weighted by molar-refractivity contribution is -0.385. The lowest BCUT2D eigenvalue weighted by Crippen LogP contribution is -2.38. The van der Waals surface area contributed by atoms with Crippen LogP contribution in [0.4, 0.5) is 26.0 Å². The van der Waals surface area contributed by atoms with Crippen LogP contribution in [0.1, 0.15) is 40.9 Å². The highest BCUT2D eigenvalue weighted by molar-refractivity contribution is 7.91. The minimum Gasteiger partial charge on any atom is -0.373 e. The highest BCUT2D eigenvalue weighted by Gasteiger charge is 2.41. The van der Waals surface area contributed by atoms with E-state index in [0.717, 1.165) is 28.8 Å². The zero-order chi connectivity index (χ0) is 42.8. The molecule has 306 valence electrons. The minimum absolute atomic E-state index is 0.114. The fourth-order valence-corrected chi connectivity index (χ4v) is 8.64. The molecule has 0 fully saturated rings. The molecule has 0 aliphatic rings. The van der Waals surface area contributed by atoms with E-state index in [0.29, 0.717) is 36.4 Å². The summed E-state index contributed by atoms with van der Waals surface area (Å²) in [6, 6.07) is 39.3. The summed E-state index contributed by atoms with van der Waals surface area (Å²) in [6.07, 6.45) is 0. The third-order valence-corrected chi connectivity index (χ3v) is 12.5. The van der Waals surface area contributed by atoms with Crippen molar-refractivity contribution in [3.8, 4) is 0 Å². The van der Waals surface area contributed by atoms with E-state index in [-0.39, 0.29) is 21.7 Å². The number of benzene rings is 6. The molecular weight excluding hydrogens is 787 g/mol. The Morgan fingerprint density at radius 1 is 0.767 bits per heavy atom. The number of nitro benzene ring substituents is 1. The number of nitrogens with one attached hydrogen (secondary N) is 1. The molecule has 0 atom stereocenters. The third kappa shape index (κ3) is 7.86. The standard InChI is InChI=1S/C46H42F2N6O5S/c1-31(2)51(3)24-25-52(4)37-20-22-40(43(29-37)54(56)57)45(55)49-44-41-30-38(60(58,59)39-27-35(47)26-36(48)28-39)21-23-42(41)53(50-44)46(32-14-8-5-9-15-32,33-16-10-6-11-17-33)34-18-12-7-13-19-34/h5-23,26-31H,24-25H2,1-4H3,(H,49,50,55). The van der Waals surface area contributed by atoms with Gasteiger partial charge in [-0.15, -0.1) is 0 Å². The molecule has 1 heterocycles. The molecule has 0 saturated heterocycles. The van der Waals surface area contributed by atoms with E-state index in [1.807, 2.05) is 110 Å². The minimum atomic E-state index is -4.53. The van der Waals surface area contributed by atoms with Crippen LogP contribution in [-0.2, 0) is 15.4 Å². The Morgan fingerprint density at radius 3 is 1.83 bits per heavy atom. The lowest BCUT2D eigenvalue weighted by atomic mass is 9.77. The summed E-state index contributed by atoms with van der Waals surface area (Å²) in [5.74, 6) is -3.13. The average molecular weight is 829 g/mol. The number of fused-ring (bicyclic) bond motifs is 1. The molecule has 0 spiro atoms. The van der Waals surface area contributed by atoms with Crippen LogP contribution in [0, 0.1) is 21.7 Å². The summed E-state index contributed by atoms with van der Waals surface area (Å²) in [5.41, 5.74) is 1.28. The van der Waals surface area contributed by atoms with Gasteiger partial charge in [0.2, 0.25) is 9.84 Å². The molecular formula is C46H42F2N6O5S. The second kappa shape index (κ2) is 16.8. The predicted octanol–water partition coefficient (Wildman–Crippen LogP) is 8.92. The topological polar surface area (TPSA) is 131 Å². The number of anilines is 2. The van der Waals surface area contributed by atoms with Crippen LogP contribution in [-0.4, -0.2) is 67.2 Å². The van der Waals surface area contributed by atoms with E-state index in [1.165, 1.54) is 30.3 Å². The van der Waals surface area contributed by atoms with Gasteiger partial charge in [0.1, 0.15) is 22.7 Å². The van der Waals surface area contributed by atoms with E-state index in [2.05, 4.69) is 24.1 Å². The number of sulfone groups is 1. The lowest BCUT2D eigenvalue weighted by Gasteiger charge is -2.37. The predicted molar refractivity (Wildman–Crippen MR) is 228 cm³/mol. The van der Waals surface area contributed by atoms with Gasteiger partial charge in [0, 0.05) is 49.4 Å². The van der Waals surface area contributed by atoms with Crippen molar-refractivity contribution in [3.05, 3.63) is 190 Å². The number of hydrogen-bond acceptors (Lipinski definition) is 8. The van der Waals surface area contributed by atoms with E-state index in [4.69, 9.17) is 5.10 Å². The molecule has 7 aromatic rings. The molecule has 0 bridgehead atoms. The van der Waals surface area contributed by atoms with Gasteiger partial charge in [0.05, 0.1) is 20.2 Å². The number of halogens is 2. The van der Waals surface area contributed by atoms with Crippen molar-refractivity contribution in [3.63, 3.8) is 0 Å². The monoisotopic (exact) mass is 828 g/mol. The third-order valence-electron chi connectivity index (χ3n) is 10.8. The van der Waals surface area contributed by atoms with Gasteiger partial charge in [0.25, 0.3) is 11.6 Å². The fourth-order valence-electron chi connectivity index (χ4n) is 7.31. The zero-order valence-corrected chi connectivity index (χ0v) is 34.1. The molecule has 60 heavy (non-hydrogen) atoms. The summed E-state index contributed by atoms with van der Waals surface area (Å²) in [4.78, 5) is 29.3. The molecule has 0 aliphatic carbocycles. The Labute approximate surface area is 346 Å². The molecule has 0 saturated carbocycles. The zero-order valence-electron chi connectivity index (χ0n) is 33.3. The van der Waals surface area contributed by atoms with Crippen LogP contribution in [0.3, 0.4) is 0 Å². The Kier molecular flexibility index (Phi) is 11.6. The van der Waals surface area contributed by atoms with Gasteiger partial charge in [-0.2, -0.15) is 5.10 Å². The number of amides is 1. The van der Waals surface area contributed by atoms with E-state index >= 15 is 0 Å². The van der Waals surface area contributed by atoms with E-state index < -0.39 is 48.4 Å². The van der Waals surface area contributed by atoms with Gasteiger partial charge >= 0.3 is 0 Å². The number of likely N-dealkylation sites (N-methyl/N-ethyl adjacent to an activating group) is 2. The van der Waals surface area contributed by atoms with Crippen molar-refractivity contribution < 1.29 is 26.9 Å². The van der Waals surface area contributed by atoms with Crippen molar-refractivity contribution in [2.45, 2.75) is 35.2 Å². The number of hydrogen-bond donors (Lipinski definition) is 1. The second-order valence-corrected chi connectivity index (χ2v) is 16.7. The van der Waals surface area contributed by atoms with E-state index in [1.54, 1.807) is 10.7 Å². The van der Waals surface area contributed by atoms with Crippen LogP contribution >= 0.6 is 0 Å². The molecule has 11 nitrogen and oxygen atoms in total. The molecule has 1 aromatic heterocycles. The quantitative estimate of drug-likeness (QED) is 0.0654. The van der Waals surface area contributed by atoms with Crippen LogP contribution in [0.5, 0.6) is 0 Å². The second-order valence-electron chi connectivity index (χ2n) is 14.8. The van der Waals surface area contributed by atoms with Crippen LogP contribution in [0.15, 0.2) is 155 Å². The highest BCUT2D eigenvalue weighted by Crippen LogP contribution is 2.44. The number of carbonyl (C=O) groups is 1. The highest BCUT2D eigenvalue weighted by atomic mass is 32.2. The Balaban J connectivity index is 1.44. The van der Waals surface area contributed by atoms with Gasteiger partial charge in [-0.3, -0.25) is 14.9 Å². The van der Waals surface area contributed by atoms with E-state index in [9.17, 15) is 32.1 Å². The first kappa shape index (κ1) is 41.4. The first-order valence-electron chi connectivity index (χ1n) is 19.1. The van der Waals surface area contributed by atoms with Crippen molar-refractivity contribution in [2.24, 2.45) is 0 Å². The van der Waals surface area contributed by atoms with Crippen molar-refractivity contribution in [2.75, 3.05) is 37.4 Å². The Bertz CT molecular complexity index is 2690. The van der Waals surface area contributed by atoms with Gasteiger partial charge in [-0.25, -0.2) is 21.9 Å². The number of aromatic nitrogens is 2. The SMILES string of the molecule is CC(C)N(C)CCN(C)c1ccc(C(=O)Nc2nn(C(c3ccccc3)(c3ccccc3)c3ccccc3)c3ccc(S(=O)(=O)c4cc(F)cc(F)c4)cc23)c([N+](=O)[O-])c1. The first-order chi connectivity index (χ1) is 28.7. The first-order valence-corrected chi connectivity index (χ1v) is 20.6. The molecule has 14 heteroatoms. The molecule has 6 aromatic carbocycles. The van der Waals surface area contributed by atoms with Gasteiger partial charge in [-0.1, -0.05) is 91.0 Å². The number of carbonyl (C=O) groups excluding carboxylic acids is 1. The average Bonchev–Trinajstić information content (AvgIpc) is 3.60. The maximum atomic E-state index is 14.4. The largest absolute Gasteiger partial charge is 0.373 e. The summed E-state index contributed by atoms with van der Waals surface area (Å²) in [6.45, 7) is 5.41. The fraction of sp³-hybridized carbons (Fsp3) is 0.174. The smallest absolute Gasteiger partial charge is 0.284 e. The Hall–Kier alpha value is -6.77. The molecule has 0 aliphatic heterocycles. The normalized spacial score (nSPS) is 11.9. The maximum Gasteiger partial charge on any atom is 0.284 e. The molecule has 0 unspecified atom stereocenters. The molecule has 7 rings (SSSR count). The summed E-state index contributed by atoms with van der Waals surface area (Å²) < 4.78 is 58.4. The van der Waals surface area contributed by atoms with Crippen molar-refractivity contribution in [1.82, 2.24) is 14.7 Å². The molecule has 0 radical (unpaired) electrons. The van der Waals surface area contributed by atoms with Gasteiger partial charge in [0.15, 0.2) is 5.82 Å². The Morgan fingerprint density at radius 2 is 1.32 bits per heavy atom. The summed E-state index contributed by atoms with van der Waals surface area (Å²) in [5, 5.41) is 20.5. The van der Waals surface area contributed by atoms with Crippen LogP contribution in [0.2, 0.25) is 0 Å². The van der Waals surface area contributed by atoms with Crippen LogP contribution in [0.25, 0.3) is 10.9 Å². The van der Waals surface area contributed by atoms with Crippen molar-refractivity contribution in [1.29, 1.82) is 0 Å². The number of rotatable bonds is 14. The number of nitro groups is 1. The van der Waals surface area contributed by atoms with Crippen LogP contribution < -0.4 is 10.2 Å². The summed E-state index contributed by atoms with van der Waals surface area (Å²) in [7, 11) is -0.726. The summed E-state index contributed by atoms with van der Waals surface area (Å²) >= 11 is 0. The van der Waals surface area contributed by atoms with Crippen molar-refractivity contribution >= 4 is 43.8 Å². The van der Waals surface area contributed by atoms with Gasteiger partial charge in [-0.05, 0) is 80.1 Å². The van der Waals surface area contributed by atoms with Gasteiger partial charge < -0.3 is 15.1 Å². The molecule has 1 N–H and O–H groups in total.